The van der Waals surface area contributed by atoms with Gasteiger partial charge in [-0.2, -0.15) is 4.98 Å². The largest absolute Gasteiger partial charge is 0.480 e. The molecule has 5 aromatic rings. The molecule has 9 heteroatoms. The molecule has 1 heterocycles. The third kappa shape index (κ3) is 5.48. The van der Waals surface area contributed by atoms with Gasteiger partial charge >= 0.3 is 5.97 Å². The highest BCUT2D eigenvalue weighted by molar-refractivity contribution is 8.00. The van der Waals surface area contributed by atoms with Gasteiger partial charge in [-0.15, -0.1) is 11.8 Å². The Morgan fingerprint density at radius 1 is 0.900 bits per heavy atom. The molecule has 204 valence electrons. The van der Waals surface area contributed by atoms with Gasteiger partial charge < -0.3 is 14.8 Å². The van der Waals surface area contributed by atoms with Gasteiger partial charge in [0.15, 0.2) is 15.4 Å². The number of hydrogen-bond donors (Lipinski definition) is 2. The summed E-state index contributed by atoms with van der Waals surface area (Å²) in [5, 5.41) is 13.1. The van der Waals surface area contributed by atoms with Crippen LogP contribution in [0.2, 0.25) is 0 Å². The fraction of sp³-hybridized carbons (Fsp3) is 0.161. The summed E-state index contributed by atoms with van der Waals surface area (Å²) in [7, 11) is -3.43. The van der Waals surface area contributed by atoms with Gasteiger partial charge in [0.1, 0.15) is 11.6 Å². The lowest BCUT2D eigenvalue weighted by molar-refractivity contribution is -0.137. The van der Waals surface area contributed by atoms with E-state index in [4.69, 9.17) is 4.42 Å². The van der Waals surface area contributed by atoms with Gasteiger partial charge in [-0.3, -0.25) is 0 Å². The SMILES string of the molecule is CCS(=O)(=O)c1ccc2nc(NC(CSC(c3ccccc3)(c3ccccc3)c3ccccc3)C(=O)O)oc2c1. The molecule has 0 amide bonds. The number of aromatic nitrogens is 1. The number of rotatable bonds is 11. The zero-order valence-electron chi connectivity index (χ0n) is 21.7. The Hall–Kier alpha value is -4.08. The summed E-state index contributed by atoms with van der Waals surface area (Å²) in [4.78, 5) is 16.9. The second-order valence-electron chi connectivity index (χ2n) is 9.18. The molecule has 0 aliphatic carbocycles. The van der Waals surface area contributed by atoms with Crippen molar-refractivity contribution < 1.29 is 22.7 Å². The Labute approximate surface area is 237 Å². The maximum atomic E-state index is 12.4. The second-order valence-corrected chi connectivity index (χ2v) is 12.7. The molecule has 4 aromatic carbocycles. The van der Waals surface area contributed by atoms with Crippen molar-refractivity contribution in [1.29, 1.82) is 0 Å². The Balaban J connectivity index is 1.50. The molecule has 0 spiro atoms. The standard InChI is InChI=1S/C31H28N2O5S2/c1-2-40(36,37)25-18-19-26-28(20-25)38-30(32-26)33-27(29(34)35)21-39-31(22-12-6-3-7-13-22,23-14-8-4-9-15-23)24-16-10-5-11-17-24/h3-20,27H,2,21H2,1H3,(H,32,33)(H,34,35). The lowest BCUT2D eigenvalue weighted by Gasteiger charge is -2.36. The van der Waals surface area contributed by atoms with Crippen LogP contribution in [-0.4, -0.2) is 42.0 Å². The highest BCUT2D eigenvalue weighted by Crippen LogP contribution is 2.48. The second kappa shape index (κ2) is 11.6. The van der Waals surface area contributed by atoms with E-state index in [1.54, 1.807) is 13.0 Å². The Morgan fingerprint density at radius 2 is 1.43 bits per heavy atom. The molecule has 40 heavy (non-hydrogen) atoms. The monoisotopic (exact) mass is 572 g/mol. The van der Waals surface area contributed by atoms with Crippen LogP contribution in [0.25, 0.3) is 11.1 Å². The van der Waals surface area contributed by atoms with Crippen molar-refractivity contribution in [3.05, 3.63) is 126 Å². The minimum atomic E-state index is -3.43. The zero-order valence-corrected chi connectivity index (χ0v) is 23.4. The van der Waals surface area contributed by atoms with Crippen molar-refractivity contribution in [3.8, 4) is 0 Å². The Bertz CT molecular complexity index is 1610. The summed E-state index contributed by atoms with van der Waals surface area (Å²) in [6.45, 7) is 1.57. The minimum absolute atomic E-state index is 0.0128. The smallest absolute Gasteiger partial charge is 0.327 e. The van der Waals surface area contributed by atoms with Crippen LogP contribution >= 0.6 is 11.8 Å². The summed E-state index contributed by atoms with van der Waals surface area (Å²) in [5.41, 5.74) is 3.76. The van der Waals surface area contributed by atoms with E-state index in [9.17, 15) is 18.3 Å². The number of carbonyl (C=O) groups is 1. The van der Waals surface area contributed by atoms with Gasteiger partial charge in [0.05, 0.1) is 15.4 Å². The van der Waals surface area contributed by atoms with Crippen LogP contribution in [0.1, 0.15) is 23.6 Å². The molecule has 7 nitrogen and oxygen atoms in total. The number of anilines is 1. The molecule has 5 rings (SSSR count). The first kappa shape index (κ1) is 27.5. The average molecular weight is 573 g/mol. The molecule has 0 aliphatic heterocycles. The highest BCUT2D eigenvalue weighted by atomic mass is 32.2. The molecular weight excluding hydrogens is 544 g/mol. The van der Waals surface area contributed by atoms with Crippen LogP contribution in [0.15, 0.2) is 119 Å². The Kier molecular flexibility index (Phi) is 7.95. The first-order valence-electron chi connectivity index (χ1n) is 12.8. The number of hydrogen-bond acceptors (Lipinski definition) is 7. The van der Waals surface area contributed by atoms with Gasteiger partial charge in [-0.05, 0) is 28.8 Å². The van der Waals surface area contributed by atoms with Crippen molar-refractivity contribution >= 4 is 44.7 Å². The predicted octanol–water partition coefficient (Wildman–Crippen LogP) is 6.21. The van der Waals surface area contributed by atoms with Crippen LogP contribution in [0.4, 0.5) is 6.01 Å². The van der Waals surface area contributed by atoms with Crippen molar-refractivity contribution in [3.63, 3.8) is 0 Å². The van der Waals surface area contributed by atoms with Crippen LogP contribution < -0.4 is 5.32 Å². The first-order valence-corrected chi connectivity index (χ1v) is 15.4. The molecule has 0 saturated carbocycles. The van der Waals surface area contributed by atoms with Gasteiger partial charge in [0.2, 0.25) is 0 Å². The maximum absolute atomic E-state index is 12.4. The van der Waals surface area contributed by atoms with E-state index < -0.39 is 26.6 Å². The van der Waals surface area contributed by atoms with E-state index in [0.29, 0.717) is 5.52 Å². The molecule has 0 bridgehead atoms. The summed E-state index contributed by atoms with van der Waals surface area (Å²) >= 11 is 1.51. The van der Waals surface area contributed by atoms with Gasteiger partial charge in [-0.1, -0.05) is 97.9 Å². The van der Waals surface area contributed by atoms with Crippen LogP contribution in [0.5, 0.6) is 0 Å². The predicted molar refractivity (Wildman–Crippen MR) is 158 cm³/mol. The number of fused-ring (bicyclic) bond motifs is 1. The topological polar surface area (TPSA) is 110 Å². The van der Waals surface area contributed by atoms with Crippen LogP contribution in [-0.2, 0) is 19.4 Å². The highest BCUT2D eigenvalue weighted by Gasteiger charge is 2.38. The number of benzene rings is 4. The number of nitrogens with zero attached hydrogens (tertiary/aromatic N) is 1. The van der Waals surface area contributed by atoms with Gasteiger partial charge in [-0.25, -0.2) is 13.2 Å². The lowest BCUT2D eigenvalue weighted by atomic mass is 9.84. The number of sulfone groups is 1. The van der Waals surface area contributed by atoms with E-state index in [2.05, 4.69) is 46.7 Å². The molecule has 0 aliphatic rings. The fourth-order valence-electron chi connectivity index (χ4n) is 4.63. The van der Waals surface area contributed by atoms with Gasteiger partial charge in [0, 0.05) is 11.8 Å². The molecule has 1 atom stereocenters. The molecular formula is C31H28N2O5S2. The number of aliphatic carboxylic acids is 1. The zero-order chi connectivity index (χ0) is 28.2. The van der Waals surface area contributed by atoms with E-state index in [0.717, 1.165) is 16.7 Å². The van der Waals surface area contributed by atoms with Crippen LogP contribution in [0.3, 0.4) is 0 Å². The molecule has 0 fully saturated rings. The van der Waals surface area contributed by atoms with Crippen LogP contribution in [0, 0.1) is 0 Å². The lowest BCUT2D eigenvalue weighted by Crippen LogP contribution is -2.35. The Morgan fingerprint density at radius 3 is 1.90 bits per heavy atom. The third-order valence-corrected chi connectivity index (χ3v) is 10.1. The fourth-order valence-corrected chi connectivity index (χ4v) is 7.07. The van der Waals surface area contributed by atoms with Crippen molar-refractivity contribution in [1.82, 2.24) is 4.98 Å². The molecule has 1 aromatic heterocycles. The quantitative estimate of drug-likeness (QED) is 0.180. The number of carboxylic acid groups (broad SMARTS) is 1. The number of thioether (sulfide) groups is 1. The summed E-state index contributed by atoms with van der Waals surface area (Å²) in [6.07, 6.45) is 0. The number of oxazole rings is 1. The van der Waals surface area contributed by atoms with Crippen molar-refractivity contribution in [2.75, 3.05) is 16.8 Å². The normalized spacial score (nSPS) is 12.7. The van der Waals surface area contributed by atoms with E-state index in [1.807, 2.05) is 54.6 Å². The first-order chi connectivity index (χ1) is 19.3. The van der Waals surface area contributed by atoms with Crippen molar-refractivity contribution in [2.45, 2.75) is 22.6 Å². The molecule has 0 radical (unpaired) electrons. The third-order valence-electron chi connectivity index (χ3n) is 6.70. The summed E-state index contributed by atoms with van der Waals surface area (Å²) in [6, 6.07) is 33.5. The molecule has 0 saturated heterocycles. The van der Waals surface area contributed by atoms with Crippen molar-refractivity contribution in [2.24, 2.45) is 0 Å². The van der Waals surface area contributed by atoms with E-state index in [-0.39, 0.29) is 28.0 Å². The summed E-state index contributed by atoms with van der Waals surface area (Å²) < 4.78 is 29.6. The maximum Gasteiger partial charge on any atom is 0.327 e. The van der Waals surface area contributed by atoms with E-state index in [1.165, 1.54) is 23.9 Å². The number of nitrogens with one attached hydrogen (secondary N) is 1. The molecule has 1 unspecified atom stereocenters. The minimum Gasteiger partial charge on any atom is -0.480 e. The summed E-state index contributed by atoms with van der Waals surface area (Å²) in [5.74, 6) is -0.934. The van der Waals surface area contributed by atoms with E-state index >= 15 is 0 Å². The molecule has 2 N–H and O–H groups in total. The number of carboxylic acids is 1. The van der Waals surface area contributed by atoms with Gasteiger partial charge in [0.25, 0.3) is 6.01 Å². The average Bonchev–Trinajstić information content (AvgIpc) is 3.40.